The Morgan fingerprint density at radius 2 is 2.11 bits per heavy atom. The van der Waals surface area contributed by atoms with Gasteiger partial charge in [0.2, 0.25) is 0 Å². The fourth-order valence-corrected chi connectivity index (χ4v) is 3.27. The second kappa shape index (κ2) is 7.07. The van der Waals surface area contributed by atoms with Gasteiger partial charge in [0.1, 0.15) is 0 Å². The highest BCUT2D eigenvalue weighted by Gasteiger charge is 2.24. The Morgan fingerprint density at radius 1 is 1.32 bits per heavy atom. The van der Waals surface area contributed by atoms with E-state index in [-0.39, 0.29) is 12.0 Å². The van der Waals surface area contributed by atoms with Crippen LogP contribution in [-0.2, 0) is 0 Å². The van der Waals surface area contributed by atoms with Gasteiger partial charge in [-0.05, 0) is 37.5 Å². The van der Waals surface area contributed by atoms with Crippen molar-refractivity contribution in [2.24, 2.45) is 5.92 Å². The Morgan fingerprint density at radius 3 is 2.84 bits per heavy atom. The second-order valence-corrected chi connectivity index (χ2v) is 6.34. The fraction of sp³-hybridized carbons (Fsp3) is 0.562. The van der Waals surface area contributed by atoms with Gasteiger partial charge in [-0.2, -0.15) is 5.26 Å². The van der Waals surface area contributed by atoms with Crippen LogP contribution in [0.4, 0.5) is 0 Å². The third-order valence-corrected chi connectivity index (χ3v) is 4.49. The molecule has 0 saturated heterocycles. The summed E-state index contributed by atoms with van der Waals surface area (Å²) in [4.78, 5) is 0. The van der Waals surface area contributed by atoms with Crippen molar-refractivity contribution in [2.75, 3.05) is 0 Å². The molecule has 0 aliphatic heterocycles. The second-order valence-electron chi connectivity index (χ2n) is 5.42. The summed E-state index contributed by atoms with van der Waals surface area (Å²) in [5.74, 6) is 0.164. The molecule has 0 heterocycles. The summed E-state index contributed by atoms with van der Waals surface area (Å²) in [6.45, 7) is 2.18. The molecule has 0 spiro atoms. The zero-order valence-electron chi connectivity index (χ0n) is 11.4. The monoisotopic (exact) mass is 320 g/mol. The van der Waals surface area contributed by atoms with E-state index in [2.05, 4.69) is 52.4 Å². The molecule has 3 heteroatoms. The molecule has 0 aromatic heterocycles. The maximum atomic E-state index is 9.32. The van der Waals surface area contributed by atoms with Crippen molar-refractivity contribution in [3.63, 3.8) is 0 Å². The summed E-state index contributed by atoms with van der Waals surface area (Å²) in [5, 5.41) is 13.0. The Bertz CT molecular complexity index is 452. The molecule has 1 fully saturated rings. The number of hydrogen-bond donors (Lipinski definition) is 1. The molecule has 0 bridgehead atoms. The van der Waals surface area contributed by atoms with Crippen LogP contribution in [0.1, 0.15) is 50.6 Å². The maximum Gasteiger partial charge on any atom is 0.0672 e. The lowest BCUT2D eigenvalue weighted by Gasteiger charge is -2.25. The summed E-state index contributed by atoms with van der Waals surface area (Å²) in [6.07, 6.45) is 5.86. The van der Waals surface area contributed by atoms with Crippen molar-refractivity contribution >= 4 is 15.9 Å². The van der Waals surface area contributed by atoms with Gasteiger partial charge in [-0.1, -0.05) is 47.3 Å². The Hall–Kier alpha value is -0.850. The molecule has 3 atom stereocenters. The topological polar surface area (TPSA) is 35.8 Å². The van der Waals surface area contributed by atoms with Gasteiger partial charge in [0.25, 0.3) is 0 Å². The third-order valence-electron chi connectivity index (χ3n) is 3.99. The zero-order chi connectivity index (χ0) is 13.7. The Balaban J connectivity index is 2.04. The van der Waals surface area contributed by atoms with Gasteiger partial charge in [-0.15, -0.1) is 0 Å². The van der Waals surface area contributed by atoms with Gasteiger partial charge < -0.3 is 5.32 Å². The molecule has 2 rings (SSSR count). The first-order valence-electron chi connectivity index (χ1n) is 7.12. The van der Waals surface area contributed by atoms with E-state index in [1.54, 1.807) is 0 Å². The van der Waals surface area contributed by atoms with Gasteiger partial charge in [0.05, 0.1) is 12.0 Å². The first-order valence-corrected chi connectivity index (χ1v) is 7.91. The van der Waals surface area contributed by atoms with Crippen LogP contribution in [0.3, 0.4) is 0 Å². The molecule has 19 heavy (non-hydrogen) atoms. The number of hydrogen-bond acceptors (Lipinski definition) is 2. The van der Waals surface area contributed by atoms with Crippen molar-refractivity contribution in [1.29, 1.82) is 5.26 Å². The summed E-state index contributed by atoms with van der Waals surface area (Å²) >= 11 is 3.51. The van der Waals surface area contributed by atoms with Crippen molar-refractivity contribution in [3.8, 4) is 6.07 Å². The minimum Gasteiger partial charge on any atom is -0.306 e. The predicted octanol–water partition coefficient (Wildman–Crippen LogP) is 4.57. The molecule has 102 valence electrons. The van der Waals surface area contributed by atoms with E-state index in [1.807, 2.05) is 6.07 Å². The quantitative estimate of drug-likeness (QED) is 0.828. The molecular weight excluding hydrogens is 300 g/mol. The summed E-state index contributed by atoms with van der Waals surface area (Å²) < 4.78 is 1.11. The van der Waals surface area contributed by atoms with Crippen molar-refractivity contribution < 1.29 is 0 Å². The van der Waals surface area contributed by atoms with E-state index in [0.29, 0.717) is 6.04 Å². The van der Waals surface area contributed by atoms with Crippen LogP contribution in [0.5, 0.6) is 0 Å². The van der Waals surface area contributed by atoms with Crippen LogP contribution in [0.2, 0.25) is 0 Å². The minimum atomic E-state index is 0.164. The SMILES string of the molecule is CC(NC1CCCCCC1C#N)c1cccc(Br)c1. The first-order chi connectivity index (χ1) is 9.20. The van der Waals surface area contributed by atoms with Crippen LogP contribution in [0.15, 0.2) is 28.7 Å². The van der Waals surface area contributed by atoms with E-state index in [1.165, 1.54) is 24.8 Å². The Kier molecular flexibility index (Phi) is 5.42. The van der Waals surface area contributed by atoms with Crippen LogP contribution < -0.4 is 5.32 Å². The standard InChI is InChI=1S/C16H21BrN2/c1-12(13-7-5-8-15(17)10-13)19-16-9-4-2-3-6-14(16)11-18/h5,7-8,10,12,14,16,19H,2-4,6,9H2,1H3. The molecule has 0 radical (unpaired) electrons. The van der Waals surface area contributed by atoms with Crippen LogP contribution in [0.25, 0.3) is 0 Å². The number of rotatable bonds is 3. The average molecular weight is 321 g/mol. The number of nitrogens with zero attached hydrogens (tertiary/aromatic N) is 1. The lowest BCUT2D eigenvalue weighted by atomic mass is 9.95. The molecule has 3 unspecified atom stereocenters. The lowest BCUT2D eigenvalue weighted by molar-refractivity contribution is 0.361. The van der Waals surface area contributed by atoms with E-state index >= 15 is 0 Å². The zero-order valence-corrected chi connectivity index (χ0v) is 13.0. The first kappa shape index (κ1) is 14.6. The third kappa shape index (κ3) is 4.06. The average Bonchev–Trinajstić information content (AvgIpc) is 2.63. The summed E-state index contributed by atoms with van der Waals surface area (Å²) in [7, 11) is 0. The number of halogens is 1. The molecule has 1 aliphatic rings. The molecule has 1 aliphatic carbocycles. The van der Waals surface area contributed by atoms with E-state index in [4.69, 9.17) is 0 Å². The van der Waals surface area contributed by atoms with Crippen molar-refractivity contribution in [2.45, 2.75) is 51.1 Å². The highest BCUT2D eigenvalue weighted by atomic mass is 79.9. The molecule has 1 aromatic rings. The minimum absolute atomic E-state index is 0.164. The Labute approximate surface area is 124 Å². The normalized spacial score (nSPS) is 25.3. The van der Waals surface area contributed by atoms with E-state index < -0.39 is 0 Å². The molecule has 1 N–H and O–H groups in total. The van der Waals surface area contributed by atoms with Crippen molar-refractivity contribution in [1.82, 2.24) is 5.32 Å². The number of benzene rings is 1. The van der Waals surface area contributed by atoms with Crippen LogP contribution in [0, 0.1) is 17.2 Å². The van der Waals surface area contributed by atoms with E-state index in [9.17, 15) is 5.26 Å². The number of nitriles is 1. The smallest absolute Gasteiger partial charge is 0.0672 e. The largest absolute Gasteiger partial charge is 0.306 e. The summed E-state index contributed by atoms with van der Waals surface area (Å²) in [5.41, 5.74) is 1.27. The van der Waals surface area contributed by atoms with Crippen LogP contribution >= 0.6 is 15.9 Å². The van der Waals surface area contributed by atoms with Gasteiger partial charge in [-0.3, -0.25) is 0 Å². The summed E-state index contributed by atoms with van der Waals surface area (Å²) in [6, 6.07) is 11.5. The number of nitrogens with one attached hydrogen (secondary N) is 1. The van der Waals surface area contributed by atoms with Gasteiger partial charge in [-0.25, -0.2) is 0 Å². The van der Waals surface area contributed by atoms with Crippen molar-refractivity contribution in [3.05, 3.63) is 34.3 Å². The van der Waals surface area contributed by atoms with Crippen LogP contribution in [-0.4, -0.2) is 6.04 Å². The maximum absolute atomic E-state index is 9.32. The van der Waals surface area contributed by atoms with Gasteiger partial charge >= 0.3 is 0 Å². The highest BCUT2D eigenvalue weighted by molar-refractivity contribution is 9.10. The molecule has 1 aromatic carbocycles. The molecule has 1 saturated carbocycles. The molecular formula is C16H21BrN2. The fourth-order valence-electron chi connectivity index (χ4n) is 2.85. The van der Waals surface area contributed by atoms with E-state index in [0.717, 1.165) is 17.3 Å². The molecule has 2 nitrogen and oxygen atoms in total. The highest BCUT2D eigenvalue weighted by Crippen LogP contribution is 2.26. The lowest BCUT2D eigenvalue weighted by Crippen LogP contribution is -2.36. The van der Waals surface area contributed by atoms with Gasteiger partial charge in [0, 0.05) is 16.6 Å². The van der Waals surface area contributed by atoms with Gasteiger partial charge in [0.15, 0.2) is 0 Å². The molecule has 0 amide bonds. The predicted molar refractivity (Wildman–Crippen MR) is 81.7 cm³/mol.